The Hall–Kier alpha value is -1.34. The zero-order valence-corrected chi connectivity index (χ0v) is 9.29. The molecule has 0 heterocycles. The van der Waals surface area contributed by atoms with Gasteiger partial charge < -0.3 is 5.73 Å². The third-order valence-electron chi connectivity index (χ3n) is 2.02. The summed E-state index contributed by atoms with van der Waals surface area (Å²) in [5.41, 5.74) is 4.71. The van der Waals surface area contributed by atoms with Crippen LogP contribution in [0.15, 0.2) is 18.2 Å². The van der Waals surface area contributed by atoms with Crippen molar-refractivity contribution in [2.75, 3.05) is 0 Å². The minimum Gasteiger partial charge on any atom is -0.324 e. The van der Waals surface area contributed by atoms with E-state index in [1.165, 1.54) is 0 Å². The van der Waals surface area contributed by atoms with Crippen molar-refractivity contribution in [3.8, 4) is 0 Å². The molecule has 1 aromatic carbocycles. The Morgan fingerprint density at radius 1 is 1.41 bits per heavy atom. The number of nitro groups is 1. The lowest BCUT2D eigenvalue weighted by Crippen LogP contribution is -2.15. The molecular formula is C9H10ClF3N2O2. The summed E-state index contributed by atoms with van der Waals surface area (Å²) < 4.78 is 36.9. The van der Waals surface area contributed by atoms with Crippen LogP contribution in [0, 0.1) is 15.9 Å². The number of benzene rings is 1. The van der Waals surface area contributed by atoms with Gasteiger partial charge in [0.05, 0.1) is 11.0 Å². The Kier molecular flexibility index (Phi) is 5.90. The Morgan fingerprint density at radius 2 is 2.00 bits per heavy atom. The average molecular weight is 271 g/mol. The fourth-order valence-corrected chi connectivity index (χ4v) is 1.31. The van der Waals surface area contributed by atoms with E-state index in [0.717, 1.165) is 12.1 Å². The van der Waals surface area contributed by atoms with Crippen LogP contribution in [-0.2, 0) is 0 Å². The molecule has 0 saturated carbocycles. The van der Waals surface area contributed by atoms with E-state index >= 15 is 0 Å². The fourth-order valence-electron chi connectivity index (χ4n) is 1.31. The van der Waals surface area contributed by atoms with Crippen molar-refractivity contribution in [3.05, 3.63) is 39.7 Å². The molecule has 0 radical (unpaired) electrons. The van der Waals surface area contributed by atoms with E-state index in [4.69, 9.17) is 5.73 Å². The number of halogens is 4. The van der Waals surface area contributed by atoms with Gasteiger partial charge in [-0.05, 0) is 12.1 Å². The van der Waals surface area contributed by atoms with Crippen molar-refractivity contribution in [2.24, 2.45) is 5.73 Å². The molecule has 0 unspecified atom stereocenters. The van der Waals surface area contributed by atoms with Crippen LogP contribution in [0.5, 0.6) is 0 Å². The molecule has 0 aromatic heterocycles. The maximum absolute atomic E-state index is 12.7. The molecule has 4 nitrogen and oxygen atoms in total. The predicted octanol–water partition coefficient (Wildman–Crippen LogP) is 2.81. The number of rotatable bonds is 4. The van der Waals surface area contributed by atoms with Gasteiger partial charge in [0.2, 0.25) is 6.43 Å². The van der Waals surface area contributed by atoms with Gasteiger partial charge in [-0.25, -0.2) is 13.2 Å². The van der Waals surface area contributed by atoms with Gasteiger partial charge >= 0.3 is 0 Å². The van der Waals surface area contributed by atoms with Crippen LogP contribution in [0.2, 0.25) is 0 Å². The summed E-state index contributed by atoms with van der Waals surface area (Å²) in [6.07, 6.45) is -3.37. The number of alkyl halides is 2. The number of nitrogens with zero attached hydrogens (tertiary/aromatic N) is 1. The molecule has 17 heavy (non-hydrogen) atoms. The highest BCUT2D eigenvalue weighted by Gasteiger charge is 2.22. The molecule has 0 spiro atoms. The molecule has 0 fully saturated rings. The first-order chi connectivity index (χ1) is 7.41. The van der Waals surface area contributed by atoms with Crippen LogP contribution >= 0.6 is 12.4 Å². The van der Waals surface area contributed by atoms with Gasteiger partial charge in [0.1, 0.15) is 5.82 Å². The molecule has 0 aliphatic carbocycles. The average Bonchev–Trinajstić information content (AvgIpc) is 2.16. The summed E-state index contributed by atoms with van der Waals surface area (Å²) in [5.74, 6) is -0.806. The molecule has 1 atom stereocenters. The smallest absolute Gasteiger partial charge is 0.277 e. The van der Waals surface area contributed by atoms with E-state index in [9.17, 15) is 23.3 Å². The van der Waals surface area contributed by atoms with Crippen LogP contribution in [-0.4, -0.2) is 11.3 Å². The van der Waals surface area contributed by atoms with Crippen LogP contribution in [0.1, 0.15) is 18.0 Å². The molecule has 1 aromatic rings. The fraction of sp³-hybridized carbons (Fsp3) is 0.333. The van der Waals surface area contributed by atoms with Gasteiger partial charge in [-0.2, -0.15) is 0 Å². The molecule has 8 heteroatoms. The summed E-state index contributed by atoms with van der Waals surface area (Å²) in [4.78, 5) is 9.72. The van der Waals surface area contributed by atoms with Gasteiger partial charge in [0.15, 0.2) is 0 Å². The summed E-state index contributed by atoms with van der Waals surface area (Å²) in [6, 6.07) is 1.50. The zero-order chi connectivity index (χ0) is 12.3. The van der Waals surface area contributed by atoms with Crippen molar-refractivity contribution in [3.63, 3.8) is 0 Å². The lowest BCUT2D eigenvalue weighted by molar-refractivity contribution is -0.385. The normalized spacial score (nSPS) is 12.1. The molecule has 1 rings (SSSR count). The molecule has 0 saturated heterocycles. The van der Waals surface area contributed by atoms with Crippen molar-refractivity contribution in [1.29, 1.82) is 0 Å². The first kappa shape index (κ1) is 15.7. The topological polar surface area (TPSA) is 69.2 Å². The Morgan fingerprint density at radius 3 is 2.47 bits per heavy atom. The molecule has 0 aliphatic heterocycles. The Labute approximate surface area is 101 Å². The minimum absolute atomic E-state index is 0. The van der Waals surface area contributed by atoms with E-state index in [0.29, 0.717) is 6.07 Å². The SMILES string of the molecule is Cl.N[C@H](CC(F)F)c1ccc(F)cc1[N+](=O)[O-]. The standard InChI is InChI=1S/C9H9F3N2O2.ClH/c10-5-1-2-6(7(13)4-9(11)12)8(3-5)14(15)16;/h1-3,7,9H,4,13H2;1H/t7-;/m1./s1. The first-order valence-corrected chi connectivity index (χ1v) is 4.39. The maximum Gasteiger partial charge on any atom is 0.277 e. The van der Waals surface area contributed by atoms with E-state index in [1.807, 2.05) is 0 Å². The lowest BCUT2D eigenvalue weighted by Gasteiger charge is -2.11. The Bertz CT molecular complexity index is 404. The van der Waals surface area contributed by atoms with Gasteiger partial charge in [0.25, 0.3) is 5.69 Å². The summed E-state index contributed by atoms with van der Waals surface area (Å²) in [6.45, 7) is 0. The molecular weight excluding hydrogens is 261 g/mol. The molecule has 96 valence electrons. The minimum atomic E-state index is -2.67. The summed E-state index contributed by atoms with van der Waals surface area (Å²) >= 11 is 0. The van der Waals surface area contributed by atoms with Gasteiger partial charge in [-0.3, -0.25) is 10.1 Å². The second-order valence-corrected chi connectivity index (χ2v) is 3.19. The number of nitrogens with two attached hydrogens (primary N) is 1. The first-order valence-electron chi connectivity index (χ1n) is 4.39. The number of nitro benzene ring substituents is 1. The van der Waals surface area contributed by atoms with Gasteiger partial charge in [-0.15, -0.1) is 12.4 Å². The lowest BCUT2D eigenvalue weighted by atomic mass is 10.0. The van der Waals surface area contributed by atoms with Crippen LogP contribution in [0.3, 0.4) is 0 Å². The van der Waals surface area contributed by atoms with Crippen molar-refractivity contribution >= 4 is 18.1 Å². The van der Waals surface area contributed by atoms with E-state index < -0.39 is 35.3 Å². The van der Waals surface area contributed by atoms with E-state index in [-0.39, 0.29) is 18.0 Å². The third kappa shape index (κ3) is 4.20. The van der Waals surface area contributed by atoms with Crippen molar-refractivity contribution in [1.82, 2.24) is 0 Å². The van der Waals surface area contributed by atoms with Crippen molar-refractivity contribution in [2.45, 2.75) is 18.9 Å². The van der Waals surface area contributed by atoms with Gasteiger partial charge in [-0.1, -0.05) is 0 Å². The van der Waals surface area contributed by atoms with Crippen molar-refractivity contribution < 1.29 is 18.1 Å². The Balaban J connectivity index is 0.00000256. The summed E-state index contributed by atoms with van der Waals surface area (Å²) in [5, 5.41) is 10.6. The number of hydrogen-bond donors (Lipinski definition) is 1. The zero-order valence-electron chi connectivity index (χ0n) is 8.48. The number of hydrogen-bond acceptors (Lipinski definition) is 3. The van der Waals surface area contributed by atoms with E-state index in [2.05, 4.69) is 0 Å². The highest BCUT2D eigenvalue weighted by atomic mass is 35.5. The van der Waals surface area contributed by atoms with Crippen LogP contribution in [0.4, 0.5) is 18.9 Å². The van der Waals surface area contributed by atoms with Crippen LogP contribution in [0.25, 0.3) is 0 Å². The summed E-state index contributed by atoms with van der Waals surface area (Å²) in [7, 11) is 0. The monoisotopic (exact) mass is 270 g/mol. The second-order valence-electron chi connectivity index (χ2n) is 3.19. The quantitative estimate of drug-likeness (QED) is 0.675. The molecule has 0 amide bonds. The largest absolute Gasteiger partial charge is 0.324 e. The van der Waals surface area contributed by atoms with Crippen LogP contribution < -0.4 is 5.73 Å². The van der Waals surface area contributed by atoms with Gasteiger partial charge in [0, 0.05) is 18.0 Å². The highest BCUT2D eigenvalue weighted by molar-refractivity contribution is 5.85. The molecule has 0 bridgehead atoms. The molecule has 0 aliphatic rings. The van der Waals surface area contributed by atoms with E-state index in [1.54, 1.807) is 0 Å². The third-order valence-corrected chi connectivity index (χ3v) is 2.02. The molecule has 2 N–H and O–H groups in total. The maximum atomic E-state index is 12.7. The highest BCUT2D eigenvalue weighted by Crippen LogP contribution is 2.27. The predicted molar refractivity (Wildman–Crippen MR) is 57.9 cm³/mol. The second kappa shape index (κ2) is 6.41.